The van der Waals surface area contributed by atoms with E-state index in [1.807, 2.05) is 0 Å². The minimum Gasteiger partial charge on any atom is -0.465 e. The van der Waals surface area contributed by atoms with Crippen molar-refractivity contribution in [2.24, 2.45) is 5.73 Å². The van der Waals surface area contributed by atoms with Crippen LogP contribution in [0.5, 0.6) is 0 Å². The van der Waals surface area contributed by atoms with E-state index in [1.54, 1.807) is 31.2 Å². The van der Waals surface area contributed by atoms with Gasteiger partial charge < -0.3 is 10.5 Å². The second-order valence-corrected chi connectivity index (χ2v) is 8.03. The summed E-state index contributed by atoms with van der Waals surface area (Å²) >= 11 is 0. The van der Waals surface area contributed by atoms with E-state index in [9.17, 15) is 17.6 Å². The SMILES string of the molecule is CCOC(=O)[C@]1(N)[C@H](c2cccc(F)c2)[C@H]1S(=O)(=O)c1ccccc1. The lowest BCUT2D eigenvalue weighted by molar-refractivity contribution is -0.145. The van der Waals surface area contributed by atoms with Gasteiger partial charge >= 0.3 is 5.97 Å². The minimum absolute atomic E-state index is 0.0676. The van der Waals surface area contributed by atoms with E-state index >= 15 is 0 Å². The summed E-state index contributed by atoms with van der Waals surface area (Å²) in [5.74, 6) is -2.19. The first kappa shape index (κ1) is 17.6. The molecule has 2 aromatic carbocycles. The van der Waals surface area contributed by atoms with Gasteiger partial charge in [-0.25, -0.2) is 17.6 Å². The Morgan fingerprint density at radius 3 is 2.48 bits per heavy atom. The van der Waals surface area contributed by atoms with Gasteiger partial charge in [-0.3, -0.25) is 0 Å². The van der Waals surface area contributed by atoms with Crippen LogP contribution in [-0.2, 0) is 19.4 Å². The van der Waals surface area contributed by atoms with Gasteiger partial charge in [0.1, 0.15) is 16.6 Å². The summed E-state index contributed by atoms with van der Waals surface area (Å²) in [4.78, 5) is 12.4. The Bertz CT molecular complexity index is 900. The van der Waals surface area contributed by atoms with Crippen molar-refractivity contribution in [1.29, 1.82) is 0 Å². The number of ether oxygens (including phenoxy) is 1. The number of esters is 1. The molecule has 0 aliphatic heterocycles. The fourth-order valence-electron chi connectivity index (χ4n) is 3.22. The molecule has 1 saturated carbocycles. The fraction of sp³-hybridized carbons (Fsp3) is 0.278. The third-order valence-corrected chi connectivity index (χ3v) is 6.68. The van der Waals surface area contributed by atoms with Crippen LogP contribution >= 0.6 is 0 Å². The molecule has 0 radical (unpaired) electrons. The number of benzene rings is 2. The van der Waals surface area contributed by atoms with Gasteiger partial charge in [0.15, 0.2) is 9.84 Å². The molecule has 1 aliphatic rings. The quantitative estimate of drug-likeness (QED) is 0.822. The van der Waals surface area contributed by atoms with Crippen molar-refractivity contribution in [2.45, 2.75) is 28.5 Å². The van der Waals surface area contributed by atoms with Crippen LogP contribution < -0.4 is 5.73 Å². The average Bonchev–Trinajstić information content (AvgIpc) is 3.24. The van der Waals surface area contributed by atoms with Crippen LogP contribution in [0.3, 0.4) is 0 Å². The van der Waals surface area contributed by atoms with Gasteiger partial charge in [-0.2, -0.15) is 0 Å². The van der Waals surface area contributed by atoms with Crippen molar-refractivity contribution in [3.8, 4) is 0 Å². The molecule has 0 amide bonds. The molecule has 1 aliphatic carbocycles. The molecular formula is C18H18FNO4S. The number of carbonyl (C=O) groups is 1. The van der Waals surface area contributed by atoms with E-state index in [0.717, 1.165) is 0 Å². The molecule has 0 unspecified atom stereocenters. The topological polar surface area (TPSA) is 86.5 Å². The number of rotatable bonds is 5. The molecule has 2 N–H and O–H groups in total. The van der Waals surface area contributed by atoms with Crippen LogP contribution in [0.25, 0.3) is 0 Å². The zero-order chi connectivity index (χ0) is 18.2. The molecule has 5 nitrogen and oxygen atoms in total. The molecule has 3 rings (SSSR count). The van der Waals surface area contributed by atoms with E-state index in [-0.39, 0.29) is 11.5 Å². The Kier molecular flexibility index (Phi) is 4.38. The maximum atomic E-state index is 13.6. The molecule has 3 atom stereocenters. The molecule has 7 heteroatoms. The summed E-state index contributed by atoms with van der Waals surface area (Å²) in [5, 5.41) is -1.21. The second kappa shape index (κ2) is 6.24. The van der Waals surface area contributed by atoms with Crippen LogP contribution in [0.2, 0.25) is 0 Å². The van der Waals surface area contributed by atoms with Crippen LogP contribution in [0, 0.1) is 5.82 Å². The molecule has 1 fully saturated rings. The standard InChI is InChI=1S/C18H18FNO4S/c1-2-24-17(21)18(20)15(12-7-6-8-13(19)11-12)16(18)25(22,23)14-9-4-3-5-10-14/h3-11,15-16H,2,20H2,1H3/t15-,16-,18+/m1/s1. The predicted molar refractivity (Wildman–Crippen MR) is 90.1 cm³/mol. The Morgan fingerprint density at radius 2 is 1.88 bits per heavy atom. The van der Waals surface area contributed by atoms with E-state index in [4.69, 9.17) is 10.5 Å². The number of sulfone groups is 1. The molecule has 25 heavy (non-hydrogen) atoms. The van der Waals surface area contributed by atoms with Gasteiger partial charge in [-0.15, -0.1) is 0 Å². The van der Waals surface area contributed by atoms with Gasteiger partial charge in [0.05, 0.1) is 11.5 Å². The van der Waals surface area contributed by atoms with Crippen molar-refractivity contribution >= 4 is 15.8 Å². The highest BCUT2D eigenvalue weighted by molar-refractivity contribution is 7.92. The molecule has 0 bridgehead atoms. The zero-order valence-electron chi connectivity index (χ0n) is 13.6. The minimum atomic E-state index is -3.90. The third-order valence-electron chi connectivity index (χ3n) is 4.42. The van der Waals surface area contributed by atoms with Crippen LogP contribution in [0.15, 0.2) is 59.5 Å². The van der Waals surface area contributed by atoms with Crippen molar-refractivity contribution < 1.29 is 22.3 Å². The highest BCUT2D eigenvalue weighted by Crippen LogP contribution is 2.56. The third kappa shape index (κ3) is 2.83. The first-order valence-corrected chi connectivity index (χ1v) is 9.38. The largest absolute Gasteiger partial charge is 0.465 e. The van der Waals surface area contributed by atoms with Crippen LogP contribution in [0.1, 0.15) is 18.4 Å². The Balaban J connectivity index is 2.08. The van der Waals surface area contributed by atoms with E-state index in [0.29, 0.717) is 5.56 Å². The number of nitrogens with two attached hydrogens (primary N) is 1. The second-order valence-electron chi connectivity index (χ2n) is 5.96. The number of halogens is 1. The molecule has 0 heterocycles. The average molecular weight is 363 g/mol. The van der Waals surface area contributed by atoms with Gasteiger partial charge in [0.2, 0.25) is 0 Å². The number of hydrogen-bond acceptors (Lipinski definition) is 5. The lowest BCUT2D eigenvalue weighted by Gasteiger charge is -2.11. The summed E-state index contributed by atoms with van der Waals surface area (Å²) in [7, 11) is -3.90. The summed E-state index contributed by atoms with van der Waals surface area (Å²) < 4.78 is 44.6. The van der Waals surface area contributed by atoms with Crippen molar-refractivity contribution in [1.82, 2.24) is 0 Å². The van der Waals surface area contributed by atoms with Gasteiger partial charge in [-0.05, 0) is 36.8 Å². The van der Waals surface area contributed by atoms with E-state index < -0.39 is 38.3 Å². The number of hydrogen-bond donors (Lipinski definition) is 1. The monoisotopic (exact) mass is 363 g/mol. The summed E-state index contributed by atoms with van der Waals surface area (Å²) in [6.45, 7) is 1.69. The smallest absolute Gasteiger partial charge is 0.328 e. The molecular weight excluding hydrogens is 345 g/mol. The van der Waals surface area contributed by atoms with E-state index in [1.165, 1.54) is 30.3 Å². The zero-order valence-corrected chi connectivity index (χ0v) is 14.4. The van der Waals surface area contributed by atoms with Gasteiger partial charge in [0.25, 0.3) is 0 Å². The van der Waals surface area contributed by atoms with E-state index in [2.05, 4.69) is 0 Å². The van der Waals surface area contributed by atoms with Crippen LogP contribution in [-0.4, -0.2) is 31.8 Å². The normalized spacial score (nSPS) is 25.4. The molecule has 0 aromatic heterocycles. The highest BCUT2D eigenvalue weighted by atomic mass is 32.2. The Hall–Kier alpha value is -2.25. The Morgan fingerprint density at radius 1 is 1.20 bits per heavy atom. The maximum Gasteiger partial charge on any atom is 0.328 e. The predicted octanol–water partition coefficient (Wildman–Crippen LogP) is 2.03. The maximum absolute atomic E-state index is 13.6. The first-order chi connectivity index (χ1) is 11.8. The van der Waals surface area contributed by atoms with Gasteiger partial charge in [-0.1, -0.05) is 30.3 Å². The fourth-order valence-corrected chi connectivity index (χ4v) is 5.46. The molecule has 0 spiro atoms. The highest BCUT2D eigenvalue weighted by Gasteiger charge is 2.74. The first-order valence-electron chi connectivity index (χ1n) is 7.84. The molecule has 2 aromatic rings. The van der Waals surface area contributed by atoms with Crippen LogP contribution in [0.4, 0.5) is 4.39 Å². The van der Waals surface area contributed by atoms with Crippen molar-refractivity contribution in [3.05, 3.63) is 66.0 Å². The lowest BCUT2D eigenvalue weighted by Crippen LogP contribution is -2.41. The molecule has 0 saturated heterocycles. The summed E-state index contributed by atoms with van der Waals surface area (Å²) in [6, 6.07) is 13.2. The molecule has 132 valence electrons. The van der Waals surface area contributed by atoms with Gasteiger partial charge in [0, 0.05) is 5.92 Å². The number of carbonyl (C=O) groups excluding carboxylic acids is 1. The summed E-state index contributed by atoms with van der Waals surface area (Å²) in [5.41, 5.74) is 4.82. The Labute approximate surface area is 145 Å². The summed E-state index contributed by atoms with van der Waals surface area (Å²) in [6.07, 6.45) is 0. The van der Waals surface area contributed by atoms with Crippen molar-refractivity contribution in [3.63, 3.8) is 0 Å². The van der Waals surface area contributed by atoms with Crippen molar-refractivity contribution in [2.75, 3.05) is 6.61 Å². The lowest BCUT2D eigenvalue weighted by atomic mass is 10.1.